The molecule has 0 unspecified atom stereocenters. The molecule has 1 rings (SSSR count). The zero-order valence-corrected chi connectivity index (χ0v) is 10.2. The van der Waals surface area contributed by atoms with Crippen molar-refractivity contribution in [2.45, 2.75) is 13.0 Å². The quantitative estimate of drug-likeness (QED) is 0.826. The van der Waals surface area contributed by atoms with Crippen molar-refractivity contribution in [3.8, 4) is 6.07 Å². The lowest BCUT2D eigenvalue weighted by molar-refractivity contribution is -0.130. The Morgan fingerprint density at radius 2 is 2.06 bits per heavy atom. The molecular formula is C13H17N3O. The molecule has 4 nitrogen and oxygen atoms in total. The van der Waals surface area contributed by atoms with E-state index < -0.39 is 0 Å². The second-order valence-electron chi connectivity index (χ2n) is 3.91. The number of nitrogens with one attached hydrogen (secondary N) is 1. The molecule has 0 saturated heterocycles. The summed E-state index contributed by atoms with van der Waals surface area (Å²) in [6.07, 6.45) is 0.503. The summed E-state index contributed by atoms with van der Waals surface area (Å²) in [6, 6.07) is 9.35. The van der Waals surface area contributed by atoms with E-state index in [-0.39, 0.29) is 5.91 Å². The normalized spacial score (nSPS) is 9.71. The lowest BCUT2D eigenvalue weighted by Crippen LogP contribution is -2.28. The minimum absolute atomic E-state index is 0.115. The van der Waals surface area contributed by atoms with E-state index >= 15 is 0 Å². The minimum Gasteiger partial charge on any atom is -0.341 e. The lowest BCUT2D eigenvalue weighted by Gasteiger charge is -2.17. The summed E-state index contributed by atoms with van der Waals surface area (Å²) in [4.78, 5) is 13.4. The van der Waals surface area contributed by atoms with Crippen LogP contribution < -0.4 is 5.32 Å². The summed E-state index contributed by atoms with van der Waals surface area (Å²) in [5.41, 5.74) is 1.67. The summed E-state index contributed by atoms with van der Waals surface area (Å²) in [6.45, 7) is 1.27. The van der Waals surface area contributed by atoms with Gasteiger partial charge in [0.1, 0.15) is 0 Å². The maximum atomic E-state index is 11.7. The smallest absolute Gasteiger partial charge is 0.223 e. The molecule has 0 bridgehead atoms. The zero-order chi connectivity index (χ0) is 12.7. The maximum Gasteiger partial charge on any atom is 0.223 e. The molecule has 1 aromatic carbocycles. The largest absolute Gasteiger partial charge is 0.341 e. The maximum absolute atomic E-state index is 11.7. The fourth-order valence-electron chi connectivity index (χ4n) is 1.47. The topological polar surface area (TPSA) is 56.1 Å². The van der Waals surface area contributed by atoms with Crippen LogP contribution in [0.4, 0.5) is 0 Å². The Morgan fingerprint density at radius 3 is 2.59 bits per heavy atom. The highest BCUT2D eigenvalue weighted by molar-refractivity contribution is 5.76. The SMILES string of the molecule is CNCCC(=O)N(C)Cc1ccc(C#N)cc1. The van der Waals surface area contributed by atoms with Gasteiger partial charge in [-0.05, 0) is 24.7 Å². The Hall–Kier alpha value is -1.86. The third-order valence-electron chi connectivity index (χ3n) is 2.52. The van der Waals surface area contributed by atoms with E-state index in [4.69, 9.17) is 5.26 Å². The van der Waals surface area contributed by atoms with Gasteiger partial charge in [-0.25, -0.2) is 0 Å². The van der Waals surface area contributed by atoms with Gasteiger partial charge in [0.2, 0.25) is 5.91 Å². The first-order chi connectivity index (χ1) is 8.17. The Balaban J connectivity index is 2.52. The third kappa shape index (κ3) is 4.25. The molecule has 17 heavy (non-hydrogen) atoms. The molecule has 0 aliphatic heterocycles. The third-order valence-corrected chi connectivity index (χ3v) is 2.52. The van der Waals surface area contributed by atoms with Crippen LogP contribution in [0.15, 0.2) is 24.3 Å². The molecule has 0 spiro atoms. The molecule has 0 heterocycles. The molecule has 1 amide bonds. The van der Waals surface area contributed by atoms with Crippen LogP contribution >= 0.6 is 0 Å². The average molecular weight is 231 g/mol. The molecule has 0 atom stereocenters. The number of benzene rings is 1. The second kappa shape index (κ2) is 6.66. The monoisotopic (exact) mass is 231 g/mol. The lowest BCUT2D eigenvalue weighted by atomic mass is 10.1. The highest BCUT2D eigenvalue weighted by atomic mass is 16.2. The second-order valence-corrected chi connectivity index (χ2v) is 3.91. The Bertz CT molecular complexity index is 406. The molecule has 1 N–H and O–H groups in total. The summed E-state index contributed by atoms with van der Waals surface area (Å²) >= 11 is 0. The van der Waals surface area contributed by atoms with Crippen LogP contribution in [-0.2, 0) is 11.3 Å². The molecule has 4 heteroatoms. The molecule has 90 valence electrons. The van der Waals surface area contributed by atoms with E-state index in [1.807, 2.05) is 19.2 Å². The van der Waals surface area contributed by atoms with Crippen molar-refractivity contribution >= 4 is 5.91 Å². The number of rotatable bonds is 5. The Kier molecular flexibility index (Phi) is 5.18. The van der Waals surface area contributed by atoms with Gasteiger partial charge in [0, 0.05) is 26.6 Å². The van der Waals surface area contributed by atoms with Crippen LogP contribution in [0.1, 0.15) is 17.5 Å². The Morgan fingerprint density at radius 1 is 1.41 bits per heavy atom. The van der Waals surface area contributed by atoms with Crippen molar-refractivity contribution < 1.29 is 4.79 Å². The minimum atomic E-state index is 0.115. The number of carbonyl (C=O) groups is 1. The van der Waals surface area contributed by atoms with Crippen LogP contribution in [0.25, 0.3) is 0 Å². The number of nitriles is 1. The van der Waals surface area contributed by atoms with Crippen molar-refractivity contribution in [2.24, 2.45) is 0 Å². The number of amides is 1. The molecule has 0 aromatic heterocycles. The number of carbonyl (C=O) groups excluding carboxylic acids is 1. The predicted molar refractivity (Wildman–Crippen MR) is 66.2 cm³/mol. The molecule has 0 aliphatic carbocycles. The molecule has 0 saturated carbocycles. The standard InChI is InChI=1S/C13H17N3O/c1-15-8-7-13(17)16(2)10-12-5-3-11(9-14)4-6-12/h3-6,15H,7-8,10H2,1-2H3. The average Bonchev–Trinajstić information content (AvgIpc) is 2.36. The van der Waals surface area contributed by atoms with Gasteiger partial charge < -0.3 is 10.2 Å². The van der Waals surface area contributed by atoms with Crippen LogP contribution in [0.3, 0.4) is 0 Å². The van der Waals surface area contributed by atoms with E-state index in [0.717, 1.165) is 5.56 Å². The van der Waals surface area contributed by atoms with Gasteiger partial charge in [-0.2, -0.15) is 5.26 Å². The van der Waals surface area contributed by atoms with Gasteiger partial charge in [-0.1, -0.05) is 12.1 Å². The zero-order valence-electron chi connectivity index (χ0n) is 10.2. The fourth-order valence-corrected chi connectivity index (χ4v) is 1.47. The van der Waals surface area contributed by atoms with Crippen molar-refractivity contribution in [3.05, 3.63) is 35.4 Å². The highest BCUT2D eigenvalue weighted by Gasteiger charge is 2.08. The first kappa shape index (κ1) is 13.2. The van der Waals surface area contributed by atoms with E-state index in [2.05, 4.69) is 11.4 Å². The highest BCUT2D eigenvalue weighted by Crippen LogP contribution is 2.06. The van der Waals surface area contributed by atoms with Crippen LogP contribution in [0.2, 0.25) is 0 Å². The summed E-state index contributed by atoms with van der Waals surface area (Å²) in [5.74, 6) is 0.115. The van der Waals surface area contributed by atoms with E-state index in [1.165, 1.54) is 0 Å². The summed E-state index contributed by atoms with van der Waals surface area (Å²) in [7, 11) is 3.62. The number of nitrogens with zero attached hydrogens (tertiary/aromatic N) is 2. The van der Waals surface area contributed by atoms with Crippen molar-refractivity contribution in [3.63, 3.8) is 0 Å². The van der Waals surface area contributed by atoms with Crippen LogP contribution in [-0.4, -0.2) is 31.4 Å². The summed E-state index contributed by atoms with van der Waals surface area (Å²) in [5, 5.41) is 11.6. The molecular weight excluding hydrogens is 214 g/mol. The van der Waals surface area contributed by atoms with Crippen LogP contribution in [0.5, 0.6) is 0 Å². The van der Waals surface area contributed by atoms with Gasteiger partial charge in [0.15, 0.2) is 0 Å². The summed E-state index contributed by atoms with van der Waals surface area (Å²) < 4.78 is 0. The molecule has 1 aromatic rings. The van der Waals surface area contributed by atoms with Gasteiger partial charge in [0.05, 0.1) is 11.6 Å². The predicted octanol–water partition coefficient (Wildman–Crippen LogP) is 1.13. The molecule has 0 fully saturated rings. The van der Waals surface area contributed by atoms with Crippen molar-refractivity contribution in [1.29, 1.82) is 5.26 Å². The Labute approximate surface area is 102 Å². The van der Waals surface area contributed by atoms with Crippen molar-refractivity contribution in [2.75, 3.05) is 20.6 Å². The number of hydrogen-bond acceptors (Lipinski definition) is 3. The molecule has 0 radical (unpaired) electrons. The first-order valence-corrected chi connectivity index (χ1v) is 5.55. The van der Waals surface area contributed by atoms with Gasteiger partial charge in [-0.15, -0.1) is 0 Å². The fraction of sp³-hybridized carbons (Fsp3) is 0.385. The van der Waals surface area contributed by atoms with Crippen LogP contribution in [0, 0.1) is 11.3 Å². The van der Waals surface area contributed by atoms with Gasteiger partial charge in [0.25, 0.3) is 0 Å². The van der Waals surface area contributed by atoms with E-state index in [9.17, 15) is 4.79 Å². The number of hydrogen-bond donors (Lipinski definition) is 1. The van der Waals surface area contributed by atoms with E-state index in [0.29, 0.717) is 25.1 Å². The van der Waals surface area contributed by atoms with Crippen molar-refractivity contribution in [1.82, 2.24) is 10.2 Å². The van der Waals surface area contributed by atoms with Gasteiger partial charge in [-0.3, -0.25) is 4.79 Å². The van der Waals surface area contributed by atoms with Gasteiger partial charge >= 0.3 is 0 Å². The van der Waals surface area contributed by atoms with E-state index in [1.54, 1.807) is 24.1 Å². The molecule has 0 aliphatic rings. The first-order valence-electron chi connectivity index (χ1n) is 5.55.